The molecule has 4 rings (SSSR count). The minimum atomic E-state index is 0.492. The van der Waals surface area contributed by atoms with Crippen LogP contribution in [0.3, 0.4) is 0 Å². The molecule has 118 valence electrons. The summed E-state index contributed by atoms with van der Waals surface area (Å²) in [6, 6.07) is 20.4. The molecule has 2 unspecified atom stereocenters. The quantitative estimate of drug-likeness (QED) is 0.829. The van der Waals surface area contributed by atoms with E-state index in [2.05, 4.69) is 59.9 Å². The minimum absolute atomic E-state index is 0.492. The summed E-state index contributed by atoms with van der Waals surface area (Å²) in [7, 11) is 0. The lowest BCUT2D eigenvalue weighted by molar-refractivity contribution is 0.385. The van der Waals surface area contributed by atoms with Gasteiger partial charge in [-0.25, -0.2) is 0 Å². The van der Waals surface area contributed by atoms with Gasteiger partial charge in [0.15, 0.2) is 0 Å². The molecule has 1 aliphatic carbocycles. The van der Waals surface area contributed by atoms with Crippen LogP contribution in [-0.4, -0.2) is 17.9 Å². The summed E-state index contributed by atoms with van der Waals surface area (Å²) in [5.41, 5.74) is 2.63. The van der Waals surface area contributed by atoms with Crippen LogP contribution in [0.1, 0.15) is 36.8 Å². The Labute approximate surface area is 142 Å². The first kappa shape index (κ1) is 14.8. The Morgan fingerprint density at radius 1 is 0.957 bits per heavy atom. The fourth-order valence-electron chi connectivity index (χ4n) is 3.48. The third kappa shape index (κ3) is 3.30. The predicted octanol–water partition coefficient (Wildman–Crippen LogP) is 4.64. The molecule has 0 saturated heterocycles. The zero-order valence-corrected chi connectivity index (χ0v) is 14.1. The van der Waals surface area contributed by atoms with Gasteiger partial charge in [-0.1, -0.05) is 61.4 Å². The Bertz CT molecular complexity index is 696. The fourth-order valence-corrected chi connectivity index (χ4v) is 4.49. The summed E-state index contributed by atoms with van der Waals surface area (Å²) in [6.45, 7) is 0. The van der Waals surface area contributed by atoms with E-state index >= 15 is 0 Å². The average Bonchev–Trinajstić information content (AvgIpc) is 3.05. The molecule has 1 N–H and O–H groups in total. The summed E-state index contributed by atoms with van der Waals surface area (Å²) in [6.07, 6.45) is 5.16. The van der Waals surface area contributed by atoms with Gasteiger partial charge in [0.2, 0.25) is 0 Å². The highest BCUT2D eigenvalue weighted by atomic mass is 32.2. The standard InChI is InChI=1S/C20H22N2S/c1-2-8-15(9-3-1)14-23-19-13-7-4-10-16(19)20-21-17-11-5-6-12-18(17)22-20/h1-4,7-10,13,17-18H,5-6,11-12,14H2,(H,21,22). The van der Waals surface area contributed by atoms with E-state index in [0.717, 1.165) is 11.6 Å². The Morgan fingerprint density at radius 2 is 1.74 bits per heavy atom. The van der Waals surface area contributed by atoms with Crippen LogP contribution < -0.4 is 5.32 Å². The molecule has 0 radical (unpaired) electrons. The van der Waals surface area contributed by atoms with Crippen molar-refractivity contribution in [2.24, 2.45) is 4.99 Å². The van der Waals surface area contributed by atoms with E-state index in [1.807, 2.05) is 11.8 Å². The van der Waals surface area contributed by atoms with Crippen molar-refractivity contribution in [2.45, 2.75) is 48.4 Å². The third-order valence-corrected chi connectivity index (χ3v) is 5.87. The van der Waals surface area contributed by atoms with Gasteiger partial charge in [0.05, 0.1) is 6.04 Å². The molecule has 2 atom stereocenters. The van der Waals surface area contributed by atoms with Crippen molar-refractivity contribution >= 4 is 17.6 Å². The predicted molar refractivity (Wildman–Crippen MR) is 98.2 cm³/mol. The van der Waals surface area contributed by atoms with E-state index in [1.165, 1.54) is 41.7 Å². The summed E-state index contributed by atoms with van der Waals surface area (Å²) >= 11 is 1.90. The van der Waals surface area contributed by atoms with Crippen LogP contribution in [0.4, 0.5) is 0 Å². The highest BCUT2D eigenvalue weighted by molar-refractivity contribution is 7.98. The highest BCUT2D eigenvalue weighted by Crippen LogP contribution is 2.30. The van der Waals surface area contributed by atoms with Crippen molar-refractivity contribution in [3.63, 3.8) is 0 Å². The Hall–Kier alpha value is -1.74. The molecule has 3 heteroatoms. The van der Waals surface area contributed by atoms with E-state index < -0.39 is 0 Å². The van der Waals surface area contributed by atoms with Crippen LogP contribution in [0.5, 0.6) is 0 Å². The molecule has 1 aliphatic heterocycles. The first-order valence-corrected chi connectivity index (χ1v) is 9.49. The Balaban J connectivity index is 1.53. The number of amidine groups is 1. The third-order valence-electron chi connectivity index (χ3n) is 4.73. The van der Waals surface area contributed by atoms with Crippen LogP contribution in [0.15, 0.2) is 64.5 Å². The van der Waals surface area contributed by atoms with Crippen LogP contribution in [-0.2, 0) is 5.75 Å². The van der Waals surface area contributed by atoms with Crippen molar-refractivity contribution in [3.05, 3.63) is 65.7 Å². The molecule has 0 bridgehead atoms. The first-order valence-electron chi connectivity index (χ1n) is 8.50. The number of aliphatic imine (C=N–C) groups is 1. The number of rotatable bonds is 4. The SMILES string of the molecule is c1ccc(CSc2ccccc2C2=NC3CCCCC3N2)cc1. The van der Waals surface area contributed by atoms with Crippen molar-refractivity contribution in [2.75, 3.05) is 0 Å². The normalized spacial score (nSPS) is 23.0. The maximum atomic E-state index is 4.99. The second kappa shape index (κ2) is 6.79. The van der Waals surface area contributed by atoms with E-state index in [9.17, 15) is 0 Å². The molecular formula is C20H22N2S. The fraction of sp³-hybridized carbons (Fsp3) is 0.350. The topological polar surface area (TPSA) is 24.4 Å². The molecule has 1 fully saturated rings. The smallest absolute Gasteiger partial charge is 0.130 e. The molecule has 2 aromatic rings. The molecule has 2 nitrogen and oxygen atoms in total. The van der Waals surface area contributed by atoms with Crippen LogP contribution >= 0.6 is 11.8 Å². The summed E-state index contributed by atoms with van der Waals surface area (Å²) < 4.78 is 0. The van der Waals surface area contributed by atoms with Gasteiger partial charge in [-0.2, -0.15) is 0 Å². The van der Waals surface area contributed by atoms with Gasteiger partial charge in [-0.3, -0.25) is 4.99 Å². The van der Waals surface area contributed by atoms with Gasteiger partial charge in [-0.15, -0.1) is 11.8 Å². The summed E-state index contributed by atoms with van der Waals surface area (Å²) in [5, 5.41) is 3.68. The van der Waals surface area contributed by atoms with Gasteiger partial charge in [0.1, 0.15) is 5.84 Å². The summed E-state index contributed by atoms with van der Waals surface area (Å²) in [5.74, 6) is 2.11. The van der Waals surface area contributed by atoms with Gasteiger partial charge in [-0.05, 0) is 24.5 Å². The van der Waals surface area contributed by atoms with Crippen LogP contribution in [0.25, 0.3) is 0 Å². The zero-order valence-electron chi connectivity index (χ0n) is 13.2. The van der Waals surface area contributed by atoms with Gasteiger partial charge in [0.25, 0.3) is 0 Å². The average molecular weight is 322 g/mol. The lowest BCUT2D eigenvalue weighted by atomic mass is 9.92. The number of thioether (sulfide) groups is 1. The Morgan fingerprint density at radius 3 is 2.61 bits per heavy atom. The number of hydrogen-bond acceptors (Lipinski definition) is 3. The number of nitrogens with one attached hydrogen (secondary N) is 1. The largest absolute Gasteiger partial charge is 0.365 e. The molecule has 0 spiro atoms. The second-order valence-electron chi connectivity index (χ2n) is 6.35. The zero-order chi connectivity index (χ0) is 15.5. The molecule has 1 heterocycles. The van der Waals surface area contributed by atoms with Crippen LogP contribution in [0, 0.1) is 0 Å². The van der Waals surface area contributed by atoms with Gasteiger partial charge >= 0.3 is 0 Å². The maximum absolute atomic E-state index is 4.99. The lowest BCUT2D eigenvalue weighted by Crippen LogP contribution is -2.37. The molecule has 1 saturated carbocycles. The molecular weight excluding hydrogens is 300 g/mol. The van der Waals surface area contributed by atoms with E-state index in [0.29, 0.717) is 12.1 Å². The van der Waals surface area contributed by atoms with Crippen molar-refractivity contribution in [1.29, 1.82) is 0 Å². The number of benzene rings is 2. The molecule has 2 aliphatic rings. The summed E-state index contributed by atoms with van der Waals surface area (Å²) in [4.78, 5) is 6.31. The monoisotopic (exact) mass is 322 g/mol. The number of hydrogen-bond donors (Lipinski definition) is 1. The lowest BCUT2D eigenvalue weighted by Gasteiger charge is -2.23. The second-order valence-corrected chi connectivity index (χ2v) is 7.37. The van der Waals surface area contributed by atoms with E-state index in [-0.39, 0.29) is 0 Å². The highest BCUT2D eigenvalue weighted by Gasteiger charge is 2.31. The van der Waals surface area contributed by atoms with E-state index in [1.54, 1.807) is 0 Å². The van der Waals surface area contributed by atoms with Crippen molar-refractivity contribution < 1.29 is 0 Å². The number of fused-ring (bicyclic) bond motifs is 1. The van der Waals surface area contributed by atoms with Gasteiger partial charge < -0.3 is 5.32 Å². The number of nitrogens with zero attached hydrogens (tertiary/aromatic N) is 1. The maximum Gasteiger partial charge on any atom is 0.130 e. The Kier molecular flexibility index (Phi) is 4.38. The van der Waals surface area contributed by atoms with Gasteiger partial charge in [0, 0.05) is 22.3 Å². The van der Waals surface area contributed by atoms with Crippen molar-refractivity contribution in [1.82, 2.24) is 5.32 Å². The van der Waals surface area contributed by atoms with Crippen molar-refractivity contribution in [3.8, 4) is 0 Å². The molecule has 2 aromatic carbocycles. The van der Waals surface area contributed by atoms with E-state index in [4.69, 9.17) is 4.99 Å². The molecule has 0 amide bonds. The molecule has 0 aromatic heterocycles. The first-order chi connectivity index (χ1) is 11.4. The van der Waals surface area contributed by atoms with Crippen LogP contribution in [0.2, 0.25) is 0 Å². The minimum Gasteiger partial charge on any atom is -0.365 e. The molecule has 23 heavy (non-hydrogen) atoms.